The summed E-state index contributed by atoms with van der Waals surface area (Å²) in [5, 5.41) is 3.19. The molecule has 1 saturated heterocycles. The van der Waals surface area contributed by atoms with E-state index in [9.17, 15) is 14.4 Å². The van der Waals surface area contributed by atoms with Gasteiger partial charge in [0.2, 0.25) is 6.79 Å². The fourth-order valence-corrected chi connectivity index (χ4v) is 3.98. The van der Waals surface area contributed by atoms with Gasteiger partial charge in [0.05, 0.1) is 5.69 Å². The molecule has 1 N–H and O–H groups in total. The number of amides is 4. The molecule has 8 heteroatoms. The van der Waals surface area contributed by atoms with Gasteiger partial charge in [0.1, 0.15) is 5.57 Å². The molecule has 2 aromatic carbocycles. The van der Waals surface area contributed by atoms with E-state index in [0.717, 1.165) is 27.8 Å². The third-order valence-corrected chi connectivity index (χ3v) is 5.85. The van der Waals surface area contributed by atoms with Crippen LogP contribution in [0, 0.1) is 0 Å². The summed E-state index contributed by atoms with van der Waals surface area (Å²) in [4.78, 5) is 39.4. The number of imide groups is 2. The average molecular weight is 431 g/mol. The first kappa shape index (κ1) is 19.9. The maximum absolute atomic E-state index is 13.3. The number of barbiturate groups is 1. The molecule has 1 aromatic heterocycles. The summed E-state index contributed by atoms with van der Waals surface area (Å²) in [6, 6.07) is 12.0. The van der Waals surface area contributed by atoms with Crippen molar-refractivity contribution in [3.8, 4) is 11.5 Å². The minimum Gasteiger partial charge on any atom is -0.454 e. The van der Waals surface area contributed by atoms with Crippen LogP contribution in [0.4, 0.5) is 10.5 Å². The molecule has 1 atom stereocenters. The van der Waals surface area contributed by atoms with Crippen molar-refractivity contribution in [2.24, 2.45) is 0 Å². The predicted molar refractivity (Wildman–Crippen MR) is 119 cm³/mol. The largest absolute Gasteiger partial charge is 0.454 e. The number of rotatable bonds is 4. The Hall–Kier alpha value is -4.07. The number of para-hydroxylation sites is 1. The van der Waals surface area contributed by atoms with E-state index in [2.05, 4.69) is 23.7 Å². The van der Waals surface area contributed by atoms with Crippen LogP contribution in [0.2, 0.25) is 0 Å². The summed E-state index contributed by atoms with van der Waals surface area (Å²) >= 11 is 0. The van der Waals surface area contributed by atoms with Crippen LogP contribution in [-0.2, 0) is 9.59 Å². The average Bonchev–Trinajstić information content (AvgIpc) is 3.40. The lowest BCUT2D eigenvalue weighted by atomic mass is 10.1. The van der Waals surface area contributed by atoms with Gasteiger partial charge in [-0.2, -0.15) is 0 Å². The molecule has 3 aromatic rings. The highest BCUT2D eigenvalue weighted by atomic mass is 16.7. The number of ether oxygens (including phenoxy) is 2. The van der Waals surface area contributed by atoms with E-state index in [4.69, 9.17) is 9.47 Å². The minimum atomic E-state index is -0.807. The number of nitrogens with one attached hydrogen (secondary N) is 1. The lowest BCUT2D eigenvalue weighted by molar-refractivity contribution is -0.122. The summed E-state index contributed by atoms with van der Waals surface area (Å²) in [5.74, 6) is -0.458. The molecule has 32 heavy (non-hydrogen) atoms. The monoisotopic (exact) mass is 431 g/mol. The zero-order valence-electron chi connectivity index (χ0n) is 17.6. The molecule has 162 valence electrons. The zero-order valence-corrected chi connectivity index (χ0v) is 17.6. The van der Waals surface area contributed by atoms with Crippen molar-refractivity contribution in [1.82, 2.24) is 9.88 Å². The van der Waals surface area contributed by atoms with Crippen molar-refractivity contribution in [2.75, 3.05) is 11.7 Å². The molecule has 5 rings (SSSR count). The van der Waals surface area contributed by atoms with E-state index in [1.807, 2.05) is 30.5 Å². The summed E-state index contributed by atoms with van der Waals surface area (Å²) < 4.78 is 12.8. The van der Waals surface area contributed by atoms with Gasteiger partial charge in [0, 0.05) is 34.8 Å². The smallest absolute Gasteiger partial charge is 0.335 e. The summed E-state index contributed by atoms with van der Waals surface area (Å²) in [7, 11) is 0. The molecular weight excluding hydrogens is 410 g/mol. The molecule has 0 radical (unpaired) electrons. The molecule has 0 saturated carbocycles. The maximum atomic E-state index is 13.3. The SMILES string of the molecule is CCC(C)n1cc(C=C2C(=O)NC(=O)N(c3ccc4c(c3)OCO4)C2=O)c2ccccc21. The zero-order chi connectivity index (χ0) is 22.4. The number of nitrogens with zero attached hydrogens (tertiary/aromatic N) is 2. The molecule has 8 nitrogen and oxygen atoms in total. The fourth-order valence-electron chi connectivity index (χ4n) is 3.98. The van der Waals surface area contributed by atoms with E-state index >= 15 is 0 Å². The molecule has 4 amide bonds. The molecule has 2 aliphatic rings. The molecule has 0 bridgehead atoms. The lowest BCUT2D eigenvalue weighted by Crippen LogP contribution is -2.54. The Morgan fingerprint density at radius 2 is 1.88 bits per heavy atom. The van der Waals surface area contributed by atoms with Crippen LogP contribution in [-0.4, -0.2) is 29.2 Å². The van der Waals surface area contributed by atoms with E-state index in [1.165, 1.54) is 0 Å². The van der Waals surface area contributed by atoms with Gasteiger partial charge in [-0.3, -0.25) is 14.9 Å². The molecule has 2 aliphatic heterocycles. The van der Waals surface area contributed by atoms with Crippen LogP contribution >= 0.6 is 0 Å². The number of carbonyl (C=O) groups is 3. The number of hydrogen-bond donors (Lipinski definition) is 1. The Kier molecular flexibility index (Phi) is 4.70. The topological polar surface area (TPSA) is 89.9 Å². The Labute approximate surface area is 184 Å². The van der Waals surface area contributed by atoms with E-state index in [1.54, 1.807) is 24.3 Å². The van der Waals surface area contributed by atoms with Gasteiger partial charge in [-0.05, 0) is 37.6 Å². The van der Waals surface area contributed by atoms with E-state index in [-0.39, 0.29) is 24.1 Å². The van der Waals surface area contributed by atoms with Gasteiger partial charge in [-0.15, -0.1) is 0 Å². The molecule has 3 heterocycles. The van der Waals surface area contributed by atoms with Gasteiger partial charge in [0.25, 0.3) is 11.8 Å². The van der Waals surface area contributed by atoms with Crippen molar-refractivity contribution in [2.45, 2.75) is 26.3 Å². The maximum Gasteiger partial charge on any atom is 0.335 e. The highest BCUT2D eigenvalue weighted by molar-refractivity contribution is 6.39. The third kappa shape index (κ3) is 3.11. The highest BCUT2D eigenvalue weighted by Gasteiger charge is 2.37. The second-order valence-corrected chi connectivity index (χ2v) is 7.76. The summed E-state index contributed by atoms with van der Waals surface area (Å²) in [6.07, 6.45) is 4.42. The van der Waals surface area contributed by atoms with Crippen LogP contribution in [0.15, 0.2) is 54.2 Å². The summed E-state index contributed by atoms with van der Waals surface area (Å²) in [5.41, 5.74) is 1.92. The number of urea groups is 1. The first-order valence-corrected chi connectivity index (χ1v) is 10.4. The lowest BCUT2D eigenvalue weighted by Gasteiger charge is -2.26. The first-order valence-electron chi connectivity index (χ1n) is 10.4. The molecule has 1 unspecified atom stereocenters. The second-order valence-electron chi connectivity index (χ2n) is 7.76. The molecule has 0 spiro atoms. The Bertz CT molecular complexity index is 1310. The van der Waals surface area contributed by atoms with Gasteiger partial charge < -0.3 is 14.0 Å². The van der Waals surface area contributed by atoms with Gasteiger partial charge in [-0.25, -0.2) is 9.69 Å². The van der Waals surface area contributed by atoms with Crippen molar-refractivity contribution in [1.29, 1.82) is 0 Å². The van der Waals surface area contributed by atoms with E-state index in [0.29, 0.717) is 11.5 Å². The number of aromatic nitrogens is 1. The first-order chi connectivity index (χ1) is 15.5. The van der Waals surface area contributed by atoms with Crippen molar-refractivity contribution < 1.29 is 23.9 Å². The summed E-state index contributed by atoms with van der Waals surface area (Å²) in [6.45, 7) is 4.29. The number of carbonyl (C=O) groups excluding carboxylic acids is 3. The number of fused-ring (bicyclic) bond motifs is 2. The third-order valence-electron chi connectivity index (χ3n) is 5.85. The van der Waals surface area contributed by atoms with Crippen LogP contribution < -0.4 is 19.7 Å². The number of anilines is 1. The van der Waals surface area contributed by atoms with Crippen molar-refractivity contribution >= 4 is 40.5 Å². The van der Waals surface area contributed by atoms with Gasteiger partial charge in [0.15, 0.2) is 11.5 Å². The number of benzene rings is 2. The van der Waals surface area contributed by atoms with Crippen LogP contribution in [0.3, 0.4) is 0 Å². The normalized spacial score (nSPS) is 17.9. The Morgan fingerprint density at radius 1 is 1.09 bits per heavy atom. The molecular formula is C24H21N3O5. The fraction of sp³-hybridized carbons (Fsp3) is 0.208. The van der Waals surface area contributed by atoms with E-state index < -0.39 is 17.8 Å². The Balaban J connectivity index is 1.58. The van der Waals surface area contributed by atoms with Gasteiger partial charge >= 0.3 is 6.03 Å². The highest BCUT2D eigenvalue weighted by Crippen LogP contribution is 2.36. The molecule has 1 fully saturated rings. The second kappa shape index (κ2) is 7.56. The standard InChI is InChI=1S/C24H21N3O5/c1-3-14(2)26-12-15(17-6-4-5-7-19(17)26)10-18-22(28)25-24(30)27(23(18)29)16-8-9-20-21(11-16)32-13-31-20/h4-12,14H,3,13H2,1-2H3,(H,25,28,30). The van der Waals surface area contributed by atoms with Crippen molar-refractivity contribution in [3.05, 3.63) is 59.8 Å². The molecule has 0 aliphatic carbocycles. The van der Waals surface area contributed by atoms with Crippen LogP contribution in [0.5, 0.6) is 11.5 Å². The van der Waals surface area contributed by atoms with Gasteiger partial charge in [-0.1, -0.05) is 25.1 Å². The number of hydrogen-bond acceptors (Lipinski definition) is 5. The van der Waals surface area contributed by atoms with Crippen LogP contribution in [0.25, 0.3) is 17.0 Å². The Morgan fingerprint density at radius 3 is 2.69 bits per heavy atom. The van der Waals surface area contributed by atoms with Crippen LogP contribution in [0.1, 0.15) is 31.9 Å². The minimum absolute atomic E-state index is 0.0722. The quantitative estimate of drug-likeness (QED) is 0.498. The van der Waals surface area contributed by atoms with Crippen molar-refractivity contribution in [3.63, 3.8) is 0 Å². The predicted octanol–water partition coefficient (Wildman–Crippen LogP) is 4.01.